The Morgan fingerprint density at radius 3 is 2.52 bits per heavy atom. The van der Waals surface area contributed by atoms with E-state index in [1.165, 1.54) is 35.5 Å². The fourth-order valence-corrected chi connectivity index (χ4v) is 9.16. The number of phenols is 1. The molecule has 3 heterocycles. The molecule has 0 unspecified atom stereocenters. The van der Waals surface area contributed by atoms with E-state index in [1.54, 1.807) is 0 Å². The summed E-state index contributed by atoms with van der Waals surface area (Å²) in [4.78, 5) is 54.1. The van der Waals surface area contributed by atoms with E-state index in [9.17, 15) is 24.3 Å². The zero-order chi connectivity index (χ0) is 28.7. The maximum absolute atomic E-state index is 13.9. The normalized spacial score (nSPS) is 33.2. The minimum absolute atomic E-state index is 0.0442. The van der Waals surface area contributed by atoms with Crippen molar-refractivity contribution < 1.29 is 29.0 Å². The number of amides is 4. The molecule has 4 amide bonds. The predicted octanol–water partition coefficient (Wildman–Crippen LogP) is 5.03. The molecule has 0 spiro atoms. The Balaban J connectivity index is 1.52. The lowest BCUT2D eigenvalue weighted by Crippen LogP contribution is -2.60. The number of hydrogen-bond donors (Lipinski definition) is 1. The lowest BCUT2D eigenvalue weighted by atomic mass is 9.56. The molecule has 210 valence electrons. The summed E-state index contributed by atoms with van der Waals surface area (Å²) in [5, 5.41) is 12.2. The molecule has 2 aliphatic carbocycles. The molecule has 0 bridgehead atoms. The topological polar surface area (TPSA) is 104 Å². The van der Waals surface area contributed by atoms with Gasteiger partial charge in [-0.3, -0.25) is 29.0 Å². The number of benzene rings is 1. The fourth-order valence-electron chi connectivity index (χ4n) is 6.82. The van der Waals surface area contributed by atoms with Crippen LogP contribution in [-0.2, 0) is 25.7 Å². The largest absolute Gasteiger partial charge is 0.503 e. The molecule has 8 nitrogen and oxygen atoms in total. The molecule has 3 fully saturated rings. The van der Waals surface area contributed by atoms with Crippen molar-refractivity contribution in [1.82, 2.24) is 9.80 Å². The number of aromatic hydroxyl groups is 1. The van der Waals surface area contributed by atoms with Crippen LogP contribution in [0.3, 0.4) is 0 Å². The molecule has 2 saturated heterocycles. The SMILES string of the molecule is COc1cc([C@H]2C3=CC[C@@H]4C(=O)N(Cc5cccs5)C(=O)[C@@H]4[C@@H]3C[C@@]3(Cl)C(=O)N(CBr)C(=O)[C@@]23Cl)cc(Cl)c1O. The van der Waals surface area contributed by atoms with Crippen LogP contribution in [0.25, 0.3) is 0 Å². The molecule has 1 aromatic carbocycles. The first-order valence-corrected chi connectivity index (χ1v) is 15.6. The van der Waals surface area contributed by atoms with Crippen molar-refractivity contribution in [3.63, 3.8) is 0 Å². The van der Waals surface area contributed by atoms with Gasteiger partial charge in [-0.15, -0.1) is 34.5 Å². The van der Waals surface area contributed by atoms with Gasteiger partial charge in [-0.05, 0) is 47.9 Å². The monoisotopic (exact) mass is 686 g/mol. The van der Waals surface area contributed by atoms with Crippen LogP contribution in [0.5, 0.6) is 11.5 Å². The summed E-state index contributed by atoms with van der Waals surface area (Å²) in [6.45, 7) is 0.166. The highest BCUT2D eigenvalue weighted by molar-refractivity contribution is 9.09. The van der Waals surface area contributed by atoms with Crippen molar-refractivity contribution >= 4 is 85.7 Å². The second-order valence-corrected chi connectivity index (χ2v) is 13.6. The number of nitrogens with zero attached hydrogens (tertiary/aromatic N) is 2. The number of alkyl halides is 3. The summed E-state index contributed by atoms with van der Waals surface area (Å²) in [7, 11) is 1.35. The third-order valence-corrected chi connectivity index (χ3v) is 11.7. The number of fused-ring (bicyclic) bond motifs is 4. The Labute approximate surface area is 256 Å². The Morgan fingerprint density at radius 2 is 1.88 bits per heavy atom. The van der Waals surface area contributed by atoms with Crippen molar-refractivity contribution in [2.45, 2.75) is 35.1 Å². The number of carbonyl (C=O) groups excluding carboxylic acids is 4. The minimum Gasteiger partial charge on any atom is -0.503 e. The average molecular weight is 689 g/mol. The predicted molar refractivity (Wildman–Crippen MR) is 153 cm³/mol. The highest BCUT2D eigenvalue weighted by Gasteiger charge is 2.76. The highest BCUT2D eigenvalue weighted by Crippen LogP contribution is 2.66. The molecular formula is C27H22BrCl3N2O6S. The Hall–Kier alpha value is -2.11. The smallest absolute Gasteiger partial charge is 0.254 e. The van der Waals surface area contributed by atoms with E-state index < -0.39 is 45.2 Å². The number of thiophene rings is 1. The third-order valence-electron chi connectivity index (χ3n) is 8.60. The summed E-state index contributed by atoms with van der Waals surface area (Å²) >= 11 is 25.4. The minimum atomic E-state index is -1.97. The molecule has 1 aromatic heterocycles. The van der Waals surface area contributed by atoms with Crippen molar-refractivity contribution in [2.75, 3.05) is 12.6 Å². The molecule has 1 N–H and O–H groups in total. The lowest BCUT2D eigenvalue weighted by Gasteiger charge is -2.50. The Bertz CT molecular complexity index is 1500. The number of imide groups is 2. The number of ether oxygens (including phenoxy) is 1. The van der Waals surface area contributed by atoms with E-state index in [0.717, 1.165) is 9.78 Å². The summed E-state index contributed by atoms with van der Waals surface area (Å²) < 4.78 is 5.31. The maximum Gasteiger partial charge on any atom is 0.254 e. The third kappa shape index (κ3) is 3.62. The number of phenolic OH excluding ortho intramolecular Hbond substituents is 1. The summed E-state index contributed by atoms with van der Waals surface area (Å²) in [6, 6.07) is 6.68. The molecule has 4 aliphatic rings. The molecule has 13 heteroatoms. The van der Waals surface area contributed by atoms with Crippen molar-refractivity contribution in [3.8, 4) is 11.5 Å². The Morgan fingerprint density at radius 1 is 1.12 bits per heavy atom. The van der Waals surface area contributed by atoms with Crippen LogP contribution < -0.4 is 4.74 Å². The summed E-state index contributed by atoms with van der Waals surface area (Å²) in [5.74, 6) is -5.28. The quantitative estimate of drug-likeness (QED) is 0.205. The van der Waals surface area contributed by atoms with Crippen LogP contribution in [0.15, 0.2) is 41.3 Å². The standard InChI is InChI=1S/C27H22BrCl3N2O6S/c1-39-18-8-12(7-17(29)21(18)34)20-14-4-5-15-19(23(36)32(22(15)35)10-13-3-2-6-40-13)16(14)9-26(30)24(37)33(11-28)25(38)27(20,26)31/h2-4,6-8,15-16,19-20,34H,5,9-11H2,1H3/t15-,16+,19-,20-,26+,27-/m0/s1. The van der Waals surface area contributed by atoms with Gasteiger partial charge in [0.2, 0.25) is 11.8 Å². The van der Waals surface area contributed by atoms with Crippen molar-refractivity contribution in [1.29, 1.82) is 0 Å². The van der Waals surface area contributed by atoms with Gasteiger partial charge in [-0.2, -0.15) is 0 Å². The van der Waals surface area contributed by atoms with E-state index >= 15 is 0 Å². The van der Waals surface area contributed by atoms with Gasteiger partial charge in [0.15, 0.2) is 21.2 Å². The van der Waals surface area contributed by atoms with Gasteiger partial charge in [-0.25, -0.2) is 0 Å². The maximum atomic E-state index is 13.9. The van der Waals surface area contributed by atoms with Crippen LogP contribution in [0.2, 0.25) is 5.02 Å². The first-order valence-electron chi connectivity index (χ1n) is 12.4. The number of hydrogen-bond acceptors (Lipinski definition) is 7. The first-order chi connectivity index (χ1) is 19.0. The van der Waals surface area contributed by atoms with E-state index in [4.69, 9.17) is 39.5 Å². The molecule has 1 saturated carbocycles. The highest BCUT2D eigenvalue weighted by atomic mass is 79.9. The van der Waals surface area contributed by atoms with Crippen molar-refractivity contribution in [3.05, 3.63) is 56.8 Å². The summed E-state index contributed by atoms with van der Waals surface area (Å²) in [6.07, 6.45) is 2.00. The van der Waals surface area contributed by atoms with Crippen LogP contribution in [0.1, 0.15) is 29.2 Å². The van der Waals surface area contributed by atoms with Crippen LogP contribution in [0.4, 0.5) is 0 Å². The van der Waals surface area contributed by atoms with Crippen LogP contribution in [0, 0.1) is 17.8 Å². The van der Waals surface area contributed by atoms with Gasteiger partial charge >= 0.3 is 0 Å². The van der Waals surface area contributed by atoms with E-state index in [1.807, 2.05) is 23.6 Å². The lowest BCUT2D eigenvalue weighted by molar-refractivity contribution is -0.141. The number of methoxy groups -OCH3 is 1. The average Bonchev–Trinajstić information content (AvgIpc) is 3.57. The second-order valence-electron chi connectivity index (χ2n) is 10.4. The van der Waals surface area contributed by atoms with Gasteiger partial charge < -0.3 is 9.84 Å². The second kappa shape index (κ2) is 9.73. The van der Waals surface area contributed by atoms with Gasteiger partial charge in [0.25, 0.3) is 11.8 Å². The Kier molecular flexibility index (Phi) is 6.82. The molecule has 6 atom stereocenters. The van der Waals surface area contributed by atoms with Crippen molar-refractivity contribution in [2.24, 2.45) is 17.8 Å². The number of carbonyl (C=O) groups is 4. The van der Waals surface area contributed by atoms with Crippen LogP contribution in [-0.4, -0.2) is 60.8 Å². The molecule has 0 radical (unpaired) electrons. The molecule has 6 rings (SSSR count). The molecule has 2 aromatic rings. The number of rotatable bonds is 5. The van der Waals surface area contributed by atoms with E-state index in [2.05, 4.69) is 15.9 Å². The molecule has 40 heavy (non-hydrogen) atoms. The number of allylic oxidation sites excluding steroid dienone is 2. The summed E-state index contributed by atoms with van der Waals surface area (Å²) in [5.41, 5.74) is 0.897. The van der Waals surface area contributed by atoms with E-state index in [-0.39, 0.29) is 53.2 Å². The zero-order valence-corrected chi connectivity index (χ0v) is 25.6. The fraction of sp³-hybridized carbons (Fsp3) is 0.407. The van der Waals surface area contributed by atoms with E-state index in [0.29, 0.717) is 11.1 Å². The molecule has 2 aliphatic heterocycles. The van der Waals surface area contributed by atoms with Gasteiger partial charge in [-0.1, -0.05) is 45.2 Å². The van der Waals surface area contributed by atoms with Gasteiger partial charge in [0.05, 0.1) is 36.0 Å². The van der Waals surface area contributed by atoms with Gasteiger partial charge in [0, 0.05) is 10.8 Å². The molecular weight excluding hydrogens is 667 g/mol. The number of likely N-dealkylation sites (tertiary alicyclic amines) is 2. The van der Waals surface area contributed by atoms with Gasteiger partial charge in [0.1, 0.15) is 0 Å². The van der Waals surface area contributed by atoms with Crippen LogP contribution >= 0.6 is 62.1 Å². The first kappa shape index (κ1) is 28.0. The zero-order valence-electron chi connectivity index (χ0n) is 20.9. The number of halogens is 4.